The Balaban J connectivity index is 2.52. The number of anilines is 1. The predicted octanol–water partition coefficient (Wildman–Crippen LogP) is 5.24. The topological polar surface area (TPSA) is 49.3 Å². The van der Waals surface area contributed by atoms with Gasteiger partial charge in [0.05, 0.1) is 0 Å². The third kappa shape index (κ3) is 3.97. The Morgan fingerprint density at radius 2 is 1.33 bits per heavy atom. The average molecular weight is 325 g/mol. The summed E-state index contributed by atoms with van der Waals surface area (Å²) in [4.78, 5) is 12.7. The molecular formula is C21H27NO2. The predicted molar refractivity (Wildman–Crippen MR) is 99.9 cm³/mol. The Labute approximate surface area is 144 Å². The lowest BCUT2D eigenvalue weighted by atomic mass is 9.78. The Bertz CT molecular complexity index is 700. The number of carbonyl (C=O) groups excluding carboxylic acids is 1. The van der Waals surface area contributed by atoms with E-state index < -0.39 is 0 Å². The maximum absolute atomic E-state index is 12.7. The highest BCUT2D eigenvalue weighted by Crippen LogP contribution is 2.39. The van der Waals surface area contributed by atoms with Gasteiger partial charge in [0, 0.05) is 22.4 Å². The molecule has 1 amide bonds. The molecule has 0 fully saturated rings. The van der Waals surface area contributed by atoms with Gasteiger partial charge in [-0.3, -0.25) is 4.79 Å². The second kappa shape index (κ2) is 6.31. The highest BCUT2D eigenvalue weighted by atomic mass is 16.3. The normalized spacial score (nSPS) is 12.1. The van der Waals surface area contributed by atoms with Crippen molar-refractivity contribution >= 4 is 11.6 Å². The smallest absolute Gasteiger partial charge is 0.255 e. The van der Waals surface area contributed by atoms with Crippen molar-refractivity contribution in [2.75, 3.05) is 5.32 Å². The Hall–Kier alpha value is -2.29. The summed E-state index contributed by atoms with van der Waals surface area (Å²) in [5.74, 6) is 0.114. The molecule has 0 bridgehead atoms. The monoisotopic (exact) mass is 325 g/mol. The molecule has 24 heavy (non-hydrogen) atoms. The van der Waals surface area contributed by atoms with E-state index in [1.807, 2.05) is 71.9 Å². The van der Waals surface area contributed by atoms with Gasteiger partial charge in [0.25, 0.3) is 5.91 Å². The first kappa shape index (κ1) is 18.1. The minimum atomic E-state index is -0.257. The average Bonchev–Trinajstić information content (AvgIpc) is 2.46. The van der Waals surface area contributed by atoms with E-state index in [1.165, 1.54) is 0 Å². The van der Waals surface area contributed by atoms with Gasteiger partial charge in [-0.15, -0.1) is 0 Å². The lowest BCUT2D eigenvalue weighted by Crippen LogP contribution is -2.20. The third-order valence-corrected chi connectivity index (χ3v) is 4.02. The quantitative estimate of drug-likeness (QED) is 0.793. The molecule has 3 nitrogen and oxygen atoms in total. The number of phenolic OH excluding ortho intramolecular Hbond substituents is 1. The van der Waals surface area contributed by atoms with Crippen LogP contribution in [0.3, 0.4) is 0 Å². The Morgan fingerprint density at radius 1 is 0.875 bits per heavy atom. The summed E-state index contributed by atoms with van der Waals surface area (Å²) >= 11 is 0. The van der Waals surface area contributed by atoms with Crippen LogP contribution in [0.1, 0.15) is 63.0 Å². The molecule has 0 saturated heterocycles. The van der Waals surface area contributed by atoms with Crippen LogP contribution in [0, 0.1) is 0 Å². The van der Waals surface area contributed by atoms with Gasteiger partial charge >= 0.3 is 0 Å². The molecule has 3 heteroatoms. The van der Waals surface area contributed by atoms with Crippen molar-refractivity contribution in [3.05, 3.63) is 59.2 Å². The number of phenols is 1. The SMILES string of the molecule is CC(C)(C)c1cc(C(=O)Nc2ccccc2)cc(C(C)(C)C)c1O. The third-order valence-electron chi connectivity index (χ3n) is 4.02. The number of rotatable bonds is 2. The zero-order valence-corrected chi connectivity index (χ0v) is 15.4. The minimum absolute atomic E-state index is 0.169. The van der Waals surface area contributed by atoms with Crippen LogP contribution in [-0.4, -0.2) is 11.0 Å². The maximum atomic E-state index is 12.7. The van der Waals surface area contributed by atoms with Crippen LogP contribution < -0.4 is 5.32 Å². The molecule has 2 aromatic carbocycles. The minimum Gasteiger partial charge on any atom is -0.507 e. The fourth-order valence-electron chi connectivity index (χ4n) is 2.63. The summed E-state index contributed by atoms with van der Waals surface area (Å²) in [5.41, 5.74) is 2.37. The number of carbonyl (C=O) groups is 1. The number of hydrogen-bond donors (Lipinski definition) is 2. The largest absolute Gasteiger partial charge is 0.507 e. The first-order valence-corrected chi connectivity index (χ1v) is 8.24. The Kier molecular flexibility index (Phi) is 4.75. The van der Waals surface area contributed by atoms with E-state index in [2.05, 4.69) is 5.32 Å². The van der Waals surface area contributed by atoms with E-state index >= 15 is 0 Å². The van der Waals surface area contributed by atoms with Gasteiger partial charge in [0.15, 0.2) is 0 Å². The lowest BCUT2D eigenvalue weighted by molar-refractivity contribution is 0.102. The lowest BCUT2D eigenvalue weighted by Gasteiger charge is -2.28. The second-order valence-corrected chi connectivity index (χ2v) is 8.24. The molecule has 2 aromatic rings. The fraction of sp³-hybridized carbons (Fsp3) is 0.381. The molecule has 0 unspecified atom stereocenters. The molecule has 2 N–H and O–H groups in total. The van der Waals surface area contributed by atoms with E-state index in [4.69, 9.17) is 0 Å². The standard InChI is InChI=1S/C21H27NO2/c1-20(2,3)16-12-14(13-17(18(16)23)21(4,5)6)19(24)22-15-10-8-7-9-11-15/h7-13,23H,1-6H3,(H,22,24). The number of benzene rings is 2. The molecule has 0 aliphatic heterocycles. The molecule has 0 radical (unpaired) electrons. The van der Waals surface area contributed by atoms with Crippen molar-refractivity contribution in [3.8, 4) is 5.75 Å². The molecular weight excluding hydrogens is 298 g/mol. The van der Waals surface area contributed by atoms with E-state index in [0.29, 0.717) is 5.56 Å². The van der Waals surface area contributed by atoms with Gasteiger partial charge in [-0.05, 0) is 35.1 Å². The molecule has 0 aliphatic rings. The zero-order valence-electron chi connectivity index (χ0n) is 15.4. The summed E-state index contributed by atoms with van der Waals surface area (Å²) < 4.78 is 0. The van der Waals surface area contributed by atoms with Crippen molar-refractivity contribution in [1.29, 1.82) is 0 Å². The fourth-order valence-corrected chi connectivity index (χ4v) is 2.63. The zero-order chi connectivity index (χ0) is 18.1. The maximum Gasteiger partial charge on any atom is 0.255 e. The molecule has 0 spiro atoms. The van der Waals surface area contributed by atoms with Crippen LogP contribution in [0.2, 0.25) is 0 Å². The number of hydrogen-bond acceptors (Lipinski definition) is 2. The van der Waals surface area contributed by atoms with Gasteiger partial charge in [0.1, 0.15) is 5.75 Å². The van der Waals surface area contributed by atoms with Crippen LogP contribution in [0.15, 0.2) is 42.5 Å². The van der Waals surface area contributed by atoms with Gasteiger partial charge < -0.3 is 10.4 Å². The van der Waals surface area contributed by atoms with E-state index in [9.17, 15) is 9.90 Å². The molecule has 0 atom stereocenters. The van der Waals surface area contributed by atoms with Crippen LogP contribution in [0.25, 0.3) is 0 Å². The first-order valence-electron chi connectivity index (χ1n) is 8.24. The molecule has 0 heterocycles. The van der Waals surface area contributed by atoms with E-state index in [-0.39, 0.29) is 22.5 Å². The van der Waals surface area contributed by atoms with Gasteiger partial charge in [0.2, 0.25) is 0 Å². The number of para-hydroxylation sites is 1. The number of aromatic hydroxyl groups is 1. The van der Waals surface area contributed by atoms with Crippen molar-refractivity contribution in [1.82, 2.24) is 0 Å². The number of amides is 1. The molecule has 0 aromatic heterocycles. The molecule has 2 rings (SSSR count). The Morgan fingerprint density at radius 3 is 1.75 bits per heavy atom. The summed E-state index contributed by atoms with van der Waals surface area (Å²) in [6.07, 6.45) is 0. The summed E-state index contributed by atoms with van der Waals surface area (Å²) in [7, 11) is 0. The summed E-state index contributed by atoms with van der Waals surface area (Å²) in [6.45, 7) is 12.2. The summed E-state index contributed by atoms with van der Waals surface area (Å²) in [6, 6.07) is 13.0. The van der Waals surface area contributed by atoms with Gasteiger partial charge in [-0.25, -0.2) is 0 Å². The highest BCUT2D eigenvalue weighted by Gasteiger charge is 2.27. The molecule has 0 aliphatic carbocycles. The van der Waals surface area contributed by atoms with Crippen molar-refractivity contribution in [2.45, 2.75) is 52.4 Å². The van der Waals surface area contributed by atoms with Crippen LogP contribution in [-0.2, 0) is 10.8 Å². The molecule has 0 saturated carbocycles. The van der Waals surface area contributed by atoms with Crippen LogP contribution in [0.4, 0.5) is 5.69 Å². The summed E-state index contributed by atoms with van der Waals surface area (Å²) in [5, 5.41) is 13.6. The first-order chi connectivity index (χ1) is 11.0. The molecule has 128 valence electrons. The highest BCUT2D eigenvalue weighted by molar-refractivity contribution is 6.04. The number of nitrogens with one attached hydrogen (secondary N) is 1. The van der Waals surface area contributed by atoms with Crippen molar-refractivity contribution in [2.24, 2.45) is 0 Å². The van der Waals surface area contributed by atoms with Gasteiger partial charge in [-0.1, -0.05) is 59.7 Å². The van der Waals surface area contributed by atoms with Crippen molar-refractivity contribution < 1.29 is 9.90 Å². The van der Waals surface area contributed by atoms with E-state index in [0.717, 1.165) is 16.8 Å². The van der Waals surface area contributed by atoms with Crippen LogP contribution in [0.5, 0.6) is 5.75 Å². The van der Waals surface area contributed by atoms with E-state index in [1.54, 1.807) is 12.1 Å². The second-order valence-electron chi connectivity index (χ2n) is 8.24. The van der Waals surface area contributed by atoms with Gasteiger partial charge in [-0.2, -0.15) is 0 Å². The van der Waals surface area contributed by atoms with Crippen molar-refractivity contribution in [3.63, 3.8) is 0 Å². The van der Waals surface area contributed by atoms with Crippen LogP contribution >= 0.6 is 0 Å².